The summed E-state index contributed by atoms with van der Waals surface area (Å²) in [4.78, 5) is 0. The van der Waals surface area contributed by atoms with Crippen molar-refractivity contribution in [3.8, 4) is 0 Å². The van der Waals surface area contributed by atoms with Crippen molar-refractivity contribution in [2.24, 2.45) is 11.7 Å². The maximum Gasteiger partial charge on any atom is 0.195 e. The van der Waals surface area contributed by atoms with Crippen LogP contribution in [0.3, 0.4) is 0 Å². The molecular formula is C12H27NOSi. The molecule has 1 fully saturated rings. The highest BCUT2D eigenvalue weighted by molar-refractivity contribution is 6.75. The molecule has 1 aliphatic rings. The average Bonchev–Trinajstić information content (AvgIpc) is 2.68. The molecule has 90 valence electrons. The zero-order chi connectivity index (χ0) is 11.3. The highest BCUT2D eigenvalue weighted by atomic mass is 28.4. The summed E-state index contributed by atoms with van der Waals surface area (Å²) in [7, 11) is 0.467. The Morgan fingerprint density at radius 2 is 2.13 bits per heavy atom. The Hall–Kier alpha value is 0.137. The molecule has 0 aromatic carbocycles. The maximum atomic E-state index is 6.03. The van der Waals surface area contributed by atoms with Crippen LogP contribution in [0.2, 0.25) is 17.6 Å². The smallest absolute Gasteiger partial charge is 0.195 e. The second-order valence-electron chi connectivity index (χ2n) is 5.03. The lowest BCUT2D eigenvalue weighted by Gasteiger charge is -2.37. The Balaban J connectivity index is 2.69. The lowest BCUT2D eigenvalue weighted by Crippen LogP contribution is -2.43. The van der Waals surface area contributed by atoms with E-state index in [1.165, 1.54) is 31.4 Å². The topological polar surface area (TPSA) is 35.2 Å². The summed E-state index contributed by atoms with van der Waals surface area (Å²) in [5.41, 5.74) is 6.53. The second kappa shape index (κ2) is 6.02. The van der Waals surface area contributed by atoms with Gasteiger partial charge in [0.2, 0.25) is 0 Å². The van der Waals surface area contributed by atoms with Crippen LogP contribution in [0.1, 0.15) is 39.5 Å². The molecule has 1 rings (SSSR count). The van der Waals surface area contributed by atoms with Crippen LogP contribution >= 0.6 is 0 Å². The fourth-order valence-corrected chi connectivity index (χ4v) is 8.13. The molecule has 2 N–H and O–H groups in total. The number of hydrogen-bond donors (Lipinski definition) is 1. The SMILES string of the molecule is CC[Si](CCCN)(OC)C1CCCC1C. The number of rotatable bonds is 6. The van der Waals surface area contributed by atoms with Crippen molar-refractivity contribution in [3.63, 3.8) is 0 Å². The van der Waals surface area contributed by atoms with Crippen LogP contribution in [0.5, 0.6) is 0 Å². The lowest BCUT2D eigenvalue weighted by atomic mass is 10.1. The predicted molar refractivity (Wildman–Crippen MR) is 68.5 cm³/mol. The molecule has 0 aliphatic heterocycles. The molecule has 1 saturated carbocycles. The van der Waals surface area contributed by atoms with E-state index in [4.69, 9.17) is 10.2 Å². The third kappa shape index (κ3) is 2.83. The highest BCUT2D eigenvalue weighted by Gasteiger charge is 2.44. The van der Waals surface area contributed by atoms with Crippen molar-refractivity contribution >= 4 is 8.32 Å². The van der Waals surface area contributed by atoms with E-state index in [-0.39, 0.29) is 0 Å². The largest absolute Gasteiger partial charge is 0.420 e. The summed E-state index contributed by atoms with van der Waals surface area (Å²) in [6, 6.07) is 2.53. The minimum absolute atomic E-state index is 0.819. The monoisotopic (exact) mass is 229 g/mol. The average molecular weight is 229 g/mol. The quantitative estimate of drug-likeness (QED) is 0.710. The van der Waals surface area contributed by atoms with E-state index in [9.17, 15) is 0 Å². The normalized spacial score (nSPS) is 30.4. The van der Waals surface area contributed by atoms with E-state index in [2.05, 4.69) is 13.8 Å². The van der Waals surface area contributed by atoms with Gasteiger partial charge in [-0.1, -0.05) is 33.1 Å². The van der Waals surface area contributed by atoms with Gasteiger partial charge in [-0.3, -0.25) is 0 Å². The van der Waals surface area contributed by atoms with Crippen LogP contribution in [0.15, 0.2) is 0 Å². The molecule has 0 amide bonds. The van der Waals surface area contributed by atoms with E-state index in [0.717, 1.165) is 24.4 Å². The Kier molecular flexibility index (Phi) is 5.30. The molecule has 0 bridgehead atoms. The lowest BCUT2D eigenvalue weighted by molar-refractivity contribution is 0.361. The van der Waals surface area contributed by atoms with Crippen LogP contribution in [-0.4, -0.2) is 22.0 Å². The zero-order valence-corrected chi connectivity index (χ0v) is 11.6. The molecule has 0 aromatic heterocycles. The van der Waals surface area contributed by atoms with Crippen molar-refractivity contribution in [2.45, 2.75) is 57.2 Å². The van der Waals surface area contributed by atoms with Gasteiger partial charge < -0.3 is 10.2 Å². The summed E-state index contributed by atoms with van der Waals surface area (Å²) in [5.74, 6) is 0.884. The summed E-state index contributed by atoms with van der Waals surface area (Å²) < 4.78 is 6.03. The fraction of sp³-hybridized carbons (Fsp3) is 1.00. The first-order valence-corrected chi connectivity index (χ1v) is 8.85. The Morgan fingerprint density at radius 1 is 1.40 bits per heavy atom. The van der Waals surface area contributed by atoms with Crippen LogP contribution < -0.4 is 5.73 Å². The summed E-state index contributed by atoms with van der Waals surface area (Å²) in [6.07, 6.45) is 5.37. The Bertz CT molecular complexity index is 182. The van der Waals surface area contributed by atoms with Crippen LogP contribution in [0.25, 0.3) is 0 Å². The molecule has 1 aliphatic carbocycles. The van der Waals surface area contributed by atoms with Crippen molar-refractivity contribution in [1.82, 2.24) is 0 Å². The van der Waals surface area contributed by atoms with E-state index in [1.807, 2.05) is 7.11 Å². The van der Waals surface area contributed by atoms with Gasteiger partial charge in [0.25, 0.3) is 0 Å². The first-order chi connectivity index (χ1) is 7.20. The van der Waals surface area contributed by atoms with Gasteiger partial charge in [-0.15, -0.1) is 0 Å². The first kappa shape index (κ1) is 13.2. The van der Waals surface area contributed by atoms with Gasteiger partial charge in [-0.25, -0.2) is 0 Å². The van der Waals surface area contributed by atoms with E-state index in [0.29, 0.717) is 0 Å². The molecule has 3 unspecified atom stereocenters. The zero-order valence-electron chi connectivity index (χ0n) is 10.6. The van der Waals surface area contributed by atoms with Gasteiger partial charge in [0.15, 0.2) is 8.32 Å². The van der Waals surface area contributed by atoms with Gasteiger partial charge in [0.05, 0.1) is 0 Å². The third-order valence-corrected chi connectivity index (χ3v) is 9.77. The predicted octanol–water partition coefficient (Wildman–Crippen LogP) is 3.14. The highest BCUT2D eigenvalue weighted by Crippen LogP contribution is 2.46. The Labute approximate surface area is 95.7 Å². The van der Waals surface area contributed by atoms with Crippen molar-refractivity contribution < 1.29 is 4.43 Å². The molecule has 0 saturated heterocycles. The molecule has 15 heavy (non-hydrogen) atoms. The number of nitrogens with two attached hydrogens (primary N) is 1. The molecule has 0 aromatic rings. The molecule has 0 heterocycles. The minimum atomic E-state index is -1.47. The summed E-state index contributed by atoms with van der Waals surface area (Å²) >= 11 is 0. The van der Waals surface area contributed by atoms with Gasteiger partial charge in [-0.05, 0) is 36.5 Å². The minimum Gasteiger partial charge on any atom is -0.420 e. The van der Waals surface area contributed by atoms with Gasteiger partial charge in [0.1, 0.15) is 0 Å². The van der Waals surface area contributed by atoms with Gasteiger partial charge >= 0.3 is 0 Å². The molecule has 2 nitrogen and oxygen atoms in total. The molecule has 0 spiro atoms. The van der Waals surface area contributed by atoms with E-state index < -0.39 is 8.32 Å². The third-order valence-electron chi connectivity index (χ3n) is 4.35. The maximum absolute atomic E-state index is 6.03. The Morgan fingerprint density at radius 3 is 2.53 bits per heavy atom. The fourth-order valence-electron chi connectivity index (χ4n) is 3.35. The van der Waals surface area contributed by atoms with Crippen molar-refractivity contribution in [2.75, 3.05) is 13.7 Å². The summed E-state index contributed by atoms with van der Waals surface area (Å²) in [5, 5.41) is 0. The summed E-state index contributed by atoms with van der Waals surface area (Å²) in [6.45, 7) is 5.55. The van der Waals surface area contributed by atoms with Gasteiger partial charge in [0, 0.05) is 7.11 Å². The second-order valence-corrected chi connectivity index (χ2v) is 9.52. The standard InChI is InChI=1S/C12H27NOSi/c1-4-15(14-3,10-6-9-13)12-8-5-7-11(12)2/h11-12H,4-10,13H2,1-3H3. The number of hydrogen-bond acceptors (Lipinski definition) is 2. The first-order valence-electron chi connectivity index (χ1n) is 6.45. The molecule has 3 atom stereocenters. The van der Waals surface area contributed by atoms with E-state index in [1.54, 1.807) is 0 Å². The van der Waals surface area contributed by atoms with Crippen molar-refractivity contribution in [3.05, 3.63) is 0 Å². The van der Waals surface area contributed by atoms with Crippen LogP contribution in [0, 0.1) is 5.92 Å². The molecule has 0 radical (unpaired) electrons. The molecule has 3 heteroatoms. The molecular weight excluding hydrogens is 202 g/mol. The van der Waals surface area contributed by atoms with Crippen molar-refractivity contribution in [1.29, 1.82) is 0 Å². The van der Waals surface area contributed by atoms with Crippen LogP contribution in [0.4, 0.5) is 0 Å². The van der Waals surface area contributed by atoms with Gasteiger partial charge in [-0.2, -0.15) is 0 Å². The van der Waals surface area contributed by atoms with E-state index >= 15 is 0 Å². The van der Waals surface area contributed by atoms with Crippen LogP contribution in [-0.2, 0) is 4.43 Å².